The van der Waals surface area contributed by atoms with Crippen LogP contribution in [-0.4, -0.2) is 23.0 Å². The molecule has 14 atom stereocenters. The molecule has 0 aromatic carbocycles. The lowest BCUT2D eigenvalue weighted by Gasteiger charge is -2.49. The van der Waals surface area contributed by atoms with E-state index in [1.807, 2.05) is 0 Å². The monoisotopic (exact) mass is 531 g/mol. The number of nitrogens with zero attached hydrogens (tertiary/aromatic N) is 1. The maximum absolute atomic E-state index is 3.38. The number of rotatable bonds is 2. The standard InChI is InChI=1S/C38H61N/c1-2-10-26-21-29(20-25(26)9-1)32-14-7-11-28-22-27-16-18-30(23-34(27)37(28)32)39-35-15-6-5-13-33(35)38-31-12-4-3-8-24(31)17-19-36(38)39/h24-38H,1-23H2. The lowest BCUT2D eigenvalue weighted by Crippen LogP contribution is -2.51. The summed E-state index contributed by atoms with van der Waals surface area (Å²) in [6.45, 7) is 0. The van der Waals surface area contributed by atoms with E-state index in [2.05, 4.69) is 4.90 Å². The van der Waals surface area contributed by atoms with E-state index in [-0.39, 0.29) is 0 Å². The first-order valence-electron chi connectivity index (χ1n) is 19.1. The fourth-order valence-electron chi connectivity index (χ4n) is 15.3. The van der Waals surface area contributed by atoms with E-state index >= 15 is 0 Å². The molecule has 0 N–H and O–H groups in total. The first kappa shape index (κ1) is 25.5. The molecule has 8 saturated carbocycles. The maximum atomic E-state index is 3.38. The van der Waals surface area contributed by atoms with Crippen LogP contribution >= 0.6 is 0 Å². The quantitative estimate of drug-likeness (QED) is 0.343. The summed E-state index contributed by atoms with van der Waals surface area (Å²) < 4.78 is 0. The van der Waals surface area contributed by atoms with Crippen LogP contribution in [-0.2, 0) is 0 Å². The molecular formula is C38H61N. The average molecular weight is 532 g/mol. The zero-order chi connectivity index (χ0) is 25.5. The van der Waals surface area contributed by atoms with Crippen LogP contribution in [0.1, 0.15) is 148 Å². The van der Waals surface area contributed by atoms with Crippen molar-refractivity contribution in [1.82, 2.24) is 4.90 Å². The van der Waals surface area contributed by atoms with E-state index in [1.54, 1.807) is 148 Å². The van der Waals surface area contributed by atoms with Crippen LogP contribution in [0.5, 0.6) is 0 Å². The molecule has 0 aromatic heterocycles. The molecule has 0 amide bonds. The van der Waals surface area contributed by atoms with Gasteiger partial charge in [-0.2, -0.15) is 0 Å². The number of likely N-dealkylation sites (tertiary alicyclic amines) is 1. The van der Waals surface area contributed by atoms with Gasteiger partial charge in [0.2, 0.25) is 0 Å². The zero-order valence-electron chi connectivity index (χ0n) is 25.4. The molecular weight excluding hydrogens is 470 g/mol. The summed E-state index contributed by atoms with van der Waals surface area (Å²) in [6, 6.07) is 2.96. The number of fused-ring (bicyclic) bond motifs is 9. The molecule has 14 unspecified atom stereocenters. The first-order chi connectivity index (χ1) is 19.3. The topological polar surface area (TPSA) is 3.24 Å². The van der Waals surface area contributed by atoms with Crippen LogP contribution in [0.2, 0.25) is 0 Å². The molecule has 1 saturated heterocycles. The smallest absolute Gasteiger partial charge is 0.0136 e. The Balaban J connectivity index is 0.971. The molecule has 0 spiro atoms. The zero-order valence-corrected chi connectivity index (χ0v) is 25.4. The largest absolute Gasteiger partial charge is 0.294 e. The molecule has 0 bridgehead atoms. The van der Waals surface area contributed by atoms with E-state index < -0.39 is 0 Å². The maximum Gasteiger partial charge on any atom is 0.0136 e. The highest BCUT2D eigenvalue weighted by Gasteiger charge is 2.59. The molecule has 1 nitrogen and oxygen atoms in total. The van der Waals surface area contributed by atoms with Crippen molar-refractivity contribution in [1.29, 1.82) is 0 Å². The van der Waals surface area contributed by atoms with Gasteiger partial charge in [-0.25, -0.2) is 0 Å². The predicted molar refractivity (Wildman–Crippen MR) is 161 cm³/mol. The third-order valence-corrected chi connectivity index (χ3v) is 16.4. The number of hydrogen-bond acceptors (Lipinski definition) is 1. The van der Waals surface area contributed by atoms with Crippen LogP contribution in [0.4, 0.5) is 0 Å². The fourth-order valence-corrected chi connectivity index (χ4v) is 15.3. The van der Waals surface area contributed by atoms with Crippen molar-refractivity contribution in [2.75, 3.05) is 0 Å². The Hall–Kier alpha value is -0.0400. The molecule has 9 rings (SSSR count). The van der Waals surface area contributed by atoms with Crippen molar-refractivity contribution in [3.8, 4) is 0 Å². The van der Waals surface area contributed by atoms with E-state index in [9.17, 15) is 0 Å². The molecule has 8 aliphatic carbocycles. The summed E-state index contributed by atoms with van der Waals surface area (Å²) in [4.78, 5) is 3.38. The van der Waals surface area contributed by atoms with E-state index in [0.717, 1.165) is 89.1 Å². The molecule has 0 aromatic rings. The minimum Gasteiger partial charge on any atom is -0.294 e. The lowest BCUT2D eigenvalue weighted by atomic mass is 9.60. The van der Waals surface area contributed by atoms with Gasteiger partial charge in [-0.3, -0.25) is 4.90 Å². The van der Waals surface area contributed by atoms with Crippen molar-refractivity contribution in [2.45, 2.75) is 166 Å². The Kier molecular flexibility index (Phi) is 6.72. The van der Waals surface area contributed by atoms with Gasteiger partial charge in [0.25, 0.3) is 0 Å². The van der Waals surface area contributed by atoms with Crippen molar-refractivity contribution in [3.05, 3.63) is 0 Å². The molecule has 1 heterocycles. The molecule has 39 heavy (non-hydrogen) atoms. The highest BCUT2D eigenvalue weighted by molar-refractivity contribution is 5.11. The van der Waals surface area contributed by atoms with Gasteiger partial charge < -0.3 is 0 Å². The van der Waals surface area contributed by atoms with E-state index in [4.69, 9.17) is 0 Å². The Morgan fingerprint density at radius 1 is 0.308 bits per heavy atom. The average Bonchev–Trinajstić information content (AvgIpc) is 3.68. The Morgan fingerprint density at radius 3 is 1.77 bits per heavy atom. The molecule has 1 aliphatic heterocycles. The first-order valence-corrected chi connectivity index (χ1v) is 19.1. The molecule has 9 aliphatic rings. The van der Waals surface area contributed by atoms with Crippen LogP contribution in [0, 0.1) is 71.0 Å². The second-order valence-electron chi connectivity index (χ2n) is 17.5. The molecule has 218 valence electrons. The SMILES string of the molecule is C1CCC2CC(C3CCCC4CC5CCC(N6C7CCCCC7C7C8CCCCC8CCC76)CC5C43)CC2C1. The summed E-state index contributed by atoms with van der Waals surface area (Å²) in [5.41, 5.74) is 0. The molecule has 9 fully saturated rings. The Labute approximate surface area is 241 Å². The van der Waals surface area contributed by atoms with Gasteiger partial charge in [-0.1, -0.05) is 70.6 Å². The van der Waals surface area contributed by atoms with Crippen molar-refractivity contribution in [2.24, 2.45) is 71.0 Å². The van der Waals surface area contributed by atoms with Gasteiger partial charge in [0.15, 0.2) is 0 Å². The third-order valence-electron chi connectivity index (χ3n) is 16.4. The van der Waals surface area contributed by atoms with Crippen molar-refractivity contribution >= 4 is 0 Å². The normalized spacial score (nSPS) is 57.1. The van der Waals surface area contributed by atoms with Gasteiger partial charge in [0, 0.05) is 18.1 Å². The third kappa shape index (κ3) is 4.13. The van der Waals surface area contributed by atoms with Crippen molar-refractivity contribution < 1.29 is 0 Å². The van der Waals surface area contributed by atoms with E-state index in [0.29, 0.717) is 0 Å². The van der Waals surface area contributed by atoms with Crippen LogP contribution in [0.3, 0.4) is 0 Å². The van der Waals surface area contributed by atoms with Crippen molar-refractivity contribution in [3.63, 3.8) is 0 Å². The predicted octanol–water partition coefficient (Wildman–Crippen LogP) is 9.88. The Morgan fingerprint density at radius 2 is 0.923 bits per heavy atom. The minimum absolute atomic E-state index is 0.972. The second kappa shape index (κ2) is 10.3. The van der Waals surface area contributed by atoms with E-state index in [1.165, 1.54) is 0 Å². The van der Waals surface area contributed by atoms with Crippen LogP contribution < -0.4 is 0 Å². The minimum atomic E-state index is 0.972. The molecule has 1 heteroatoms. The fraction of sp³-hybridized carbons (Fsp3) is 1.00. The second-order valence-corrected chi connectivity index (χ2v) is 17.5. The number of hydrogen-bond donors (Lipinski definition) is 0. The summed E-state index contributed by atoms with van der Waals surface area (Å²) in [6.07, 6.45) is 36.7. The van der Waals surface area contributed by atoms with Gasteiger partial charge in [-0.15, -0.1) is 0 Å². The van der Waals surface area contributed by atoms with Crippen LogP contribution in [0.15, 0.2) is 0 Å². The van der Waals surface area contributed by atoms with Gasteiger partial charge in [0.05, 0.1) is 0 Å². The van der Waals surface area contributed by atoms with Gasteiger partial charge >= 0.3 is 0 Å². The highest BCUT2D eigenvalue weighted by Crippen LogP contribution is 2.63. The summed E-state index contributed by atoms with van der Waals surface area (Å²) >= 11 is 0. The molecule has 0 radical (unpaired) electrons. The van der Waals surface area contributed by atoms with Gasteiger partial charge in [-0.05, 0) is 148 Å². The van der Waals surface area contributed by atoms with Gasteiger partial charge in [0.1, 0.15) is 0 Å². The summed E-state index contributed by atoms with van der Waals surface area (Å²) in [5, 5.41) is 0. The van der Waals surface area contributed by atoms with Crippen LogP contribution in [0.25, 0.3) is 0 Å². The summed E-state index contributed by atoms with van der Waals surface area (Å²) in [5.74, 6) is 13.5. The summed E-state index contributed by atoms with van der Waals surface area (Å²) in [7, 11) is 0. The lowest BCUT2D eigenvalue weighted by molar-refractivity contribution is -0.00236. The highest BCUT2D eigenvalue weighted by atomic mass is 15.3. The Bertz CT molecular complexity index is 866.